The van der Waals surface area contributed by atoms with Crippen molar-refractivity contribution in [2.24, 2.45) is 0 Å². The predicted molar refractivity (Wildman–Crippen MR) is 162 cm³/mol. The second kappa shape index (κ2) is 11.2. The molecule has 1 atom stereocenters. The predicted octanol–water partition coefficient (Wildman–Crippen LogP) is 1.58. The normalized spacial score (nSPS) is 13.9. The summed E-state index contributed by atoms with van der Waals surface area (Å²) in [5, 5.41) is 28.4. The molecule has 0 saturated carbocycles. The summed E-state index contributed by atoms with van der Waals surface area (Å²) in [5.41, 5.74) is 8.11. The molecule has 2 aromatic heterocycles. The van der Waals surface area contributed by atoms with Crippen molar-refractivity contribution in [2.45, 2.75) is 38.9 Å². The Morgan fingerprint density at radius 1 is 1.04 bits per heavy atom. The van der Waals surface area contributed by atoms with Crippen molar-refractivity contribution in [2.75, 3.05) is 11.1 Å². The van der Waals surface area contributed by atoms with Crippen LogP contribution in [0, 0.1) is 6.92 Å². The van der Waals surface area contributed by atoms with Crippen molar-refractivity contribution < 1.29 is 24.6 Å². The SMILES string of the molecule is Cc1c(C(=O)O)ccc2c1CC[C@@H]2NC(=O)c1cc(C(=O)NCc2cccc(CNc3c(N)c(=O)c3=O)c2)nc2ncc(O)n12. The van der Waals surface area contributed by atoms with Gasteiger partial charge in [0.15, 0.2) is 0 Å². The first-order chi connectivity index (χ1) is 21.5. The zero-order valence-corrected chi connectivity index (χ0v) is 23.9. The van der Waals surface area contributed by atoms with Gasteiger partial charge in [0.2, 0.25) is 11.7 Å². The summed E-state index contributed by atoms with van der Waals surface area (Å²) in [6.07, 6.45) is 2.26. The number of rotatable bonds is 9. The van der Waals surface area contributed by atoms with Crippen LogP contribution in [0.3, 0.4) is 0 Å². The van der Waals surface area contributed by atoms with E-state index in [-0.39, 0.29) is 53.1 Å². The van der Waals surface area contributed by atoms with Crippen LogP contribution in [-0.2, 0) is 19.5 Å². The van der Waals surface area contributed by atoms with Crippen LogP contribution in [0.15, 0.2) is 58.3 Å². The number of aromatic carboxylic acids is 1. The smallest absolute Gasteiger partial charge is 0.335 e. The van der Waals surface area contributed by atoms with Gasteiger partial charge in [-0.3, -0.25) is 19.2 Å². The van der Waals surface area contributed by atoms with E-state index in [0.29, 0.717) is 18.4 Å². The Morgan fingerprint density at radius 3 is 2.53 bits per heavy atom. The molecule has 7 N–H and O–H groups in total. The zero-order chi connectivity index (χ0) is 32.0. The van der Waals surface area contributed by atoms with Crippen molar-refractivity contribution in [3.05, 3.63) is 114 Å². The number of amides is 2. The van der Waals surface area contributed by atoms with Crippen molar-refractivity contribution >= 4 is 34.9 Å². The van der Waals surface area contributed by atoms with Crippen molar-refractivity contribution in [1.82, 2.24) is 25.0 Å². The van der Waals surface area contributed by atoms with E-state index in [1.807, 2.05) is 0 Å². The molecule has 1 aliphatic carbocycles. The summed E-state index contributed by atoms with van der Waals surface area (Å²) in [6.45, 7) is 2.09. The summed E-state index contributed by atoms with van der Waals surface area (Å²) >= 11 is 0. The standard InChI is InChI=1S/C31H27N7O7/c1-14-17-7-8-20(19(17)6-5-18(14)30(44)45)36-29(43)22-10-21(37-31-35-13-23(39)38(22)31)28(42)34-12-16-4-2-3-15(9-16)11-33-25-24(32)26(40)27(25)41/h2-6,9-10,13,20,33,39H,7-8,11-12,32H2,1H3,(H,34,42)(H,36,43)(H,44,45)/t20-/m0/s1. The molecule has 14 nitrogen and oxygen atoms in total. The Balaban J connectivity index is 1.18. The van der Waals surface area contributed by atoms with Crippen LogP contribution in [0.5, 0.6) is 5.88 Å². The quantitative estimate of drug-likeness (QED) is 0.132. The van der Waals surface area contributed by atoms with E-state index in [9.17, 15) is 34.2 Å². The number of imidazole rings is 1. The van der Waals surface area contributed by atoms with Crippen molar-refractivity contribution in [3.8, 4) is 5.88 Å². The van der Waals surface area contributed by atoms with Gasteiger partial charge in [0.1, 0.15) is 22.8 Å². The summed E-state index contributed by atoms with van der Waals surface area (Å²) in [7, 11) is 0. The number of benzene rings is 2. The van der Waals surface area contributed by atoms with E-state index in [4.69, 9.17) is 5.73 Å². The lowest BCUT2D eigenvalue weighted by atomic mass is 9.98. The third-order valence-electron chi connectivity index (χ3n) is 8.01. The fourth-order valence-corrected chi connectivity index (χ4v) is 5.65. The van der Waals surface area contributed by atoms with E-state index in [0.717, 1.165) is 32.9 Å². The van der Waals surface area contributed by atoms with Crippen LogP contribution < -0.4 is 32.5 Å². The van der Waals surface area contributed by atoms with Gasteiger partial charge in [-0.05, 0) is 59.7 Å². The maximum atomic E-state index is 13.5. The number of hydrogen-bond acceptors (Lipinski definition) is 10. The van der Waals surface area contributed by atoms with Crippen molar-refractivity contribution in [3.63, 3.8) is 0 Å². The van der Waals surface area contributed by atoms with Gasteiger partial charge in [0.05, 0.1) is 17.8 Å². The molecule has 0 unspecified atom stereocenters. The molecule has 1 aliphatic rings. The van der Waals surface area contributed by atoms with Gasteiger partial charge in [0, 0.05) is 13.1 Å². The molecule has 0 radical (unpaired) electrons. The third kappa shape index (κ3) is 5.22. The van der Waals surface area contributed by atoms with Gasteiger partial charge in [0.25, 0.3) is 22.7 Å². The molecule has 228 valence electrons. The van der Waals surface area contributed by atoms with E-state index in [1.54, 1.807) is 37.3 Å². The number of carbonyl (C=O) groups excluding carboxylic acids is 2. The first-order valence-corrected chi connectivity index (χ1v) is 14.0. The average molecular weight is 610 g/mol. The average Bonchev–Trinajstić information content (AvgIpc) is 3.62. The number of nitrogens with zero attached hydrogens (tertiary/aromatic N) is 3. The Hall–Kier alpha value is -6.05. The molecule has 0 saturated heterocycles. The molecule has 0 aliphatic heterocycles. The Bertz CT molecular complexity index is 2110. The number of aromatic nitrogens is 3. The number of nitrogens with one attached hydrogen (secondary N) is 3. The summed E-state index contributed by atoms with van der Waals surface area (Å²) in [6, 6.07) is 11.3. The Morgan fingerprint density at radius 2 is 1.80 bits per heavy atom. The molecular weight excluding hydrogens is 582 g/mol. The molecule has 45 heavy (non-hydrogen) atoms. The van der Waals surface area contributed by atoms with Gasteiger partial charge in [-0.15, -0.1) is 0 Å². The van der Waals surface area contributed by atoms with Crippen LogP contribution in [0.1, 0.15) is 71.6 Å². The first kappa shape index (κ1) is 29.0. The molecule has 3 aromatic carbocycles. The number of carboxylic acids is 1. The molecule has 2 heterocycles. The Labute approximate surface area is 254 Å². The molecule has 14 heteroatoms. The molecule has 0 fully saturated rings. The lowest BCUT2D eigenvalue weighted by Crippen LogP contribution is -2.36. The zero-order valence-electron chi connectivity index (χ0n) is 23.9. The number of carbonyl (C=O) groups is 3. The van der Waals surface area contributed by atoms with Gasteiger partial charge < -0.3 is 31.9 Å². The van der Waals surface area contributed by atoms with Gasteiger partial charge >= 0.3 is 5.97 Å². The highest BCUT2D eigenvalue weighted by molar-refractivity contribution is 5.98. The topological polar surface area (TPSA) is 218 Å². The van der Waals surface area contributed by atoms with E-state index < -0.39 is 34.7 Å². The van der Waals surface area contributed by atoms with Gasteiger partial charge in [-0.25, -0.2) is 19.2 Å². The van der Waals surface area contributed by atoms with Crippen molar-refractivity contribution in [1.29, 1.82) is 0 Å². The number of aromatic hydroxyl groups is 1. The number of anilines is 2. The molecule has 6 rings (SSSR count). The van der Waals surface area contributed by atoms with E-state index >= 15 is 0 Å². The number of nitrogens with two attached hydrogens (primary N) is 1. The Kier molecular flexibility index (Phi) is 7.24. The van der Waals surface area contributed by atoms with Crippen LogP contribution >= 0.6 is 0 Å². The number of hydrogen-bond donors (Lipinski definition) is 6. The van der Waals surface area contributed by atoms with Crippen LogP contribution in [0.4, 0.5) is 11.4 Å². The second-order valence-electron chi connectivity index (χ2n) is 10.8. The monoisotopic (exact) mass is 609 g/mol. The molecule has 0 bridgehead atoms. The van der Waals surface area contributed by atoms with Gasteiger partial charge in [-0.1, -0.05) is 30.3 Å². The minimum Gasteiger partial charge on any atom is -0.493 e. The fraction of sp³-hybridized carbons (Fsp3) is 0.194. The second-order valence-corrected chi connectivity index (χ2v) is 10.8. The molecule has 2 amide bonds. The number of fused-ring (bicyclic) bond motifs is 2. The summed E-state index contributed by atoms with van der Waals surface area (Å²) in [5.74, 6) is -2.57. The maximum absolute atomic E-state index is 13.5. The molecule has 5 aromatic rings. The summed E-state index contributed by atoms with van der Waals surface area (Å²) < 4.78 is 1.14. The minimum absolute atomic E-state index is 0.0512. The highest BCUT2D eigenvalue weighted by Gasteiger charge is 2.29. The first-order valence-electron chi connectivity index (χ1n) is 14.0. The van der Waals surface area contributed by atoms with E-state index in [1.165, 1.54) is 12.1 Å². The molecular formula is C31H27N7O7. The van der Waals surface area contributed by atoms with Crippen LogP contribution in [0.2, 0.25) is 0 Å². The third-order valence-corrected chi connectivity index (χ3v) is 8.01. The minimum atomic E-state index is -1.02. The van der Waals surface area contributed by atoms with Gasteiger partial charge in [-0.2, -0.15) is 0 Å². The number of nitrogen functional groups attached to an aromatic ring is 1. The highest BCUT2D eigenvalue weighted by atomic mass is 16.4. The maximum Gasteiger partial charge on any atom is 0.335 e. The summed E-state index contributed by atoms with van der Waals surface area (Å²) in [4.78, 5) is 69.5. The lowest BCUT2D eigenvalue weighted by molar-refractivity contribution is 0.0695. The lowest BCUT2D eigenvalue weighted by Gasteiger charge is -2.16. The largest absolute Gasteiger partial charge is 0.493 e. The van der Waals surface area contributed by atoms with E-state index in [2.05, 4.69) is 25.9 Å². The van der Waals surface area contributed by atoms with Crippen LogP contribution in [0.25, 0.3) is 5.78 Å². The van der Waals surface area contributed by atoms with Crippen LogP contribution in [-0.4, -0.2) is 42.4 Å². The highest BCUT2D eigenvalue weighted by Crippen LogP contribution is 2.35. The number of carboxylic acid groups (broad SMARTS) is 1. The fourth-order valence-electron chi connectivity index (χ4n) is 5.65. The molecule has 0 spiro atoms.